The molecule has 0 bridgehead atoms. The third-order valence-electron chi connectivity index (χ3n) is 4.28. The second-order valence-electron chi connectivity index (χ2n) is 6.06. The van der Waals surface area contributed by atoms with E-state index in [2.05, 4.69) is 26.1 Å². The highest BCUT2D eigenvalue weighted by Crippen LogP contribution is 2.30. The van der Waals surface area contributed by atoms with Crippen LogP contribution in [0, 0.1) is 0 Å². The van der Waals surface area contributed by atoms with Crippen LogP contribution in [-0.2, 0) is 6.54 Å². The Kier molecular flexibility index (Phi) is 5.50. The summed E-state index contributed by atoms with van der Waals surface area (Å²) in [6.07, 6.45) is 3.70. The molecule has 3 N–H and O–H groups in total. The highest BCUT2D eigenvalue weighted by atomic mass is 35.5. The number of nitrogens with one attached hydrogen (secondary N) is 3. The Labute approximate surface area is 171 Å². The number of nitrogens with zero attached hydrogens (tertiary/aromatic N) is 1. The minimum Gasteiger partial charge on any atom is -0.361 e. The Hall–Kier alpha value is -2.96. The van der Waals surface area contributed by atoms with Crippen molar-refractivity contribution in [3.05, 3.63) is 83.8 Å². The lowest BCUT2D eigenvalue weighted by Gasteiger charge is -2.10. The number of benzene rings is 2. The largest absolute Gasteiger partial charge is 0.361 e. The van der Waals surface area contributed by atoms with Gasteiger partial charge in [-0.15, -0.1) is 0 Å². The minimum absolute atomic E-state index is 0.305. The summed E-state index contributed by atoms with van der Waals surface area (Å²) in [5, 5.41) is 4.57. The molecule has 4 rings (SSSR count). The molecule has 0 radical (unpaired) electrons. The van der Waals surface area contributed by atoms with Gasteiger partial charge in [-0.25, -0.2) is 4.79 Å². The maximum absolute atomic E-state index is 12.2. The zero-order valence-electron chi connectivity index (χ0n) is 14.8. The molecule has 0 fully saturated rings. The number of amides is 2. The number of H-pyrrole nitrogens is 1. The van der Waals surface area contributed by atoms with Crippen LogP contribution in [0.4, 0.5) is 4.79 Å². The van der Waals surface area contributed by atoms with Crippen LogP contribution in [-0.4, -0.2) is 16.0 Å². The lowest BCUT2D eigenvalue weighted by molar-refractivity contribution is 0.246. The molecule has 2 aromatic heterocycles. The van der Waals surface area contributed by atoms with Gasteiger partial charge in [0.1, 0.15) is 0 Å². The molecular formula is C21H17ClN4OS. The molecule has 5 nitrogen and oxygen atoms in total. The number of aromatic amines is 1. The maximum atomic E-state index is 12.2. The van der Waals surface area contributed by atoms with Crippen molar-refractivity contribution in [2.45, 2.75) is 11.4 Å². The Bertz CT molecular complexity index is 1130. The Morgan fingerprint density at radius 1 is 1.04 bits per heavy atom. The van der Waals surface area contributed by atoms with E-state index in [4.69, 9.17) is 11.6 Å². The van der Waals surface area contributed by atoms with Crippen LogP contribution in [0.25, 0.3) is 22.0 Å². The topological polar surface area (TPSA) is 69.8 Å². The first-order valence-electron chi connectivity index (χ1n) is 8.68. The molecule has 0 saturated carbocycles. The van der Waals surface area contributed by atoms with E-state index in [-0.39, 0.29) is 6.03 Å². The molecule has 0 aliphatic carbocycles. The van der Waals surface area contributed by atoms with E-state index in [0.717, 1.165) is 32.6 Å². The lowest BCUT2D eigenvalue weighted by Crippen LogP contribution is -2.31. The van der Waals surface area contributed by atoms with Gasteiger partial charge in [-0.05, 0) is 36.2 Å². The first kappa shape index (κ1) is 18.4. The van der Waals surface area contributed by atoms with Crippen molar-refractivity contribution in [2.75, 3.05) is 0 Å². The van der Waals surface area contributed by atoms with Gasteiger partial charge in [-0.1, -0.05) is 48.0 Å². The van der Waals surface area contributed by atoms with E-state index in [1.54, 1.807) is 12.3 Å². The number of carbonyl (C=O) groups excluding carboxylic acids is 1. The molecule has 0 aliphatic rings. The molecule has 0 unspecified atom stereocenters. The smallest absolute Gasteiger partial charge is 0.325 e. The van der Waals surface area contributed by atoms with Crippen molar-refractivity contribution in [2.24, 2.45) is 0 Å². The van der Waals surface area contributed by atoms with Crippen LogP contribution in [0.2, 0.25) is 5.02 Å². The molecule has 7 heteroatoms. The second kappa shape index (κ2) is 8.37. The predicted molar refractivity (Wildman–Crippen MR) is 114 cm³/mol. The van der Waals surface area contributed by atoms with Gasteiger partial charge in [-0.2, -0.15) is 0 Å². The Morgan fingerprint density at radius 3 is 2.75 bits per heavy atom. The van der Waals surface area contributed by atoms with Crippen LogP contribution in [0.1, 0.15) is 5.69 Å². The number of hydrogen-bond acceptors (Lipinski definition) is 3. The molecule has 2 aromatic carbocycles. The zero-order valence-corrected chi connectivity index (χ0v) is 16.3. The fraction of sp³-hybridized carbons (Fsp3) is 0.0476. The van der Waals surface area contributed by atoms with Crippen LogP contribution >= 0.6 is 23.5 Å². The van der Waals surface area contributed by atoms with Gasteiger partial charge in [-0.3, -0.25) is 9.71 Å². The van der Waals surface area contributed by atoms with Gasteiger partial charge < -0.3 is 10.3 Å². The molecule has 2 amide bonds. The number of fused-ring (bicyclic) bond motifs is 1. The maximum Gasteiger partial charge on any atom is 0.325 e. The lowest BCUT2D eigenvalue weighted by atomic mass is 10.0. The van der Waals surface area contributed by atoms with Crippen molar-refractivity contribution < 1.29 is 4.79 Å². The summed E-state index contributed by atoms with van der Waals surface area (Å²) < 4.78 is 2.74. The third-order valence-corrected chi connectivity index (χ3v) is 5.58. The van der Waals surface area contributed by atoms with Crippen molar-refractivity contribution in [1.82, 2.24) is 20.0 Å². The van der Waals surface area contributed by atoms with Crippen LogP contribution in [0.15, 0.2) is 78.0 Å². The van der Waals surface area contributed by atoms with E-state index >= 15 is 0 Å². The molecule has 0 atom stereocenters. The van der Waals surface area contributed by atoms with Gasteiger partial charge >= 0.3 is 6.03 Å². The normalized spacial score (nSPS) is 10.8. The Balaban J connectivity index is 1.46. The van der Waals surface area contributed by atoms with Gasteiger partial charge in [0, 0.05) is 39.3 Å². The van der Waals surface area contributed by atoms with Crippen LogP contribution in [0.5, 0.6) is 0 Å². The molecule has 0 saturated heterocycles. The van der Waals surface area contributed by atoms with E-state index < -0.39 is 0 Å². The van der Waals surface area contributed by atoms with Crippen molar-refractivity contribution in [3.63, 3.8) is 0 Å². The number of carbonyl (C=O) groups is 1. The summed E-state index contributed by atoms with van der Waals surface area (Å²) >= 11 is 7.28. The molecular weight excluding hydrogens is 392 g/mol. The van der Waals surface area contributed by atoms with Gasteiger partial charge in [0.25, 0.3) is 0 Å². The third kappa shape index (κ3) is 3.98. The number of rotatable bonds is 5. The summed E-state index contributed by atoms with van der Waals surface area (Å²) in [5.74, 6) is 0. The number of hydrogen-bond donors (Lipinski definition) is 3. The fourth-order valence-corrected chi connectivity index (χ4v) is 3.79. The summed E-state index contributed by atoms with van der Waals surface area (Å²) in [6, 6.07) is 19.1. The van der Waals surface area contributed by atoms with E-state index in [1.165, 1.54) is 11.9 Å². The number of halogens is 1. The summed E-state index contributed by atoms with van der Waals surface area (Å²) in [6.45, 7) is 0.310. The van der Waals surface area contributed by atoms with Gasteiger partial charge in [0.15, 0.2) is 0 Å². The van der Waals surface area contributed by atoms with Crippen molar-refractivity contribution in [1.29, 1.82) is 0 Å². The summed E-state index contributed by atoms with van der Waals surface area (Å²) in [7, 11) is 0. The standard InChI is InChI=1S/C21H17ClN4OS/c22-17-8-2-4-10-20(17)28-26-21(27)25-13-19-15(7-5-11-23-19)16-12-24-18-9-3-1-6-14(16)18/h1-12,24H,13H2,(H2,25,26,27). The predicted octanol–water partition coefficient (Wildman–Crippen LogP) is 5.39. The number of aromatic nitrogens is 2. The first-order valence-corrected chi connectivity index (χ1v) is 9.87. The fourth-order valence-electron chi connectivity index (χ4n) is 2.95. The molecule has 0 aliphatic heterocycles. The monoisotopic (exact) mass is 408 g/mol. The highest BCUT2D eigenvalue weighted by molar-refractivity contribution is 7.98. The molecule has 2 heterocycles. The average molecular weight is 409 g/mol. The second-order valence-corrected chi connectivity index (χ2v) is 7.32. The van der Waals surface area contributed by atoms with E-state index in [1.807, 2.05) is 54.7 Å². The molecule has 0 spiro atoms. The number of para-hydroxylation sites is 1. The average Bonchev–Trinajstić information content (AvgIpc) is 3.16. The summed E-state index contributed by atoms with van der Waals surface area (Å²) in [5.41, 5.74) is 3.91. The zero-order chi connectivity index (χ0) is 19.3. The SMILES string of the molecule is O=C(NCc1ncccc1-c1c[nH]c2ccccc12)NSc1ccccc1Cl. The van der Waals surface area contributed by atoms with E-state index in [9.17, 15) is 4.79 Å². The van der Waals surface area contributed by atoms with Gasteiger partial charge in [0.05, 0.1) is 17.3 Å². The van der Waals surface area contributed by atoms with Crippen molar-refractivity contribution >= 4 is 40.5 Å². The minimum atomic E-state index is -0.305. The highest BCUT2D eigenvalue weighted by Gasteiger charge is 2.12. The quantitative estimate of drug-likeness (QED) is 0.388. The Morgan fingerprint density at radius 2 is 1.86 bits per heavy atom. The molecule has 4 aromatic rings. The number of pyridine rings is 1. The number of urea groups is 1. The van der Waals surface area contributed by atoms with Gasteiger partial charge in [0.2, 0.25) is 0 Å². The van der Waals surface area contributed by atoms with E-state index in [0.29, 0.717) is 11.6 Å². The van der Waals surface area contributed by atoms with Crippen molar-refractivity contribution in [3.8, 4) is 11.1 Å². The molecule has 28 heavy (non-hydrogen) atoms. The van der Waals surface area contributed by atoms with Crippen LogP contribution < -0.4 is 10.0 Å². The molecule has 140 valence electrons. The first-order chi connectivity index (χ1) is 13.7. The van der Waals surface area contributed by atoms with Crippen LogP contribution in [0.3, 0.4) is 0 Å². The summed E-state index contributed by atoms with van der Waals surface area (Å²) in [4.78, 5) is 20.7.